The number of hydrogen-bond acceptors (Lipinski definition) is 8. The van der Waals surface area contributed by atoms with Crippen LogP contribution in [0.25, 0.3) is 0 Å². The molecule has 3 heterocycles. The number of nitrogens with zero attached hydrogens (tertiary/aromatic N) is 2. The topological polar surface area (TPSA) is 108 Å². The Morgan fingerprint density at radius 3 is 3.00 bits per heavy atom. The Morgan fingerprint density at radius 1 is 1.33 bits per heavy atom. The van der Waals surface area contributed by atoms with E-state index in [1.807, 2.05) is 24.3 Å². The van der Waals surface area contributed by atoms with Crippen molar-refractivity contribution in [3.63, 3.8) is 0 Å². The number of hydrogen-bond donors (Lipinski definition) is 0. The van der Waals surface area contributed by atoms with Crippen LogP contribution in [0.4, 0.5) is 11.4 Å². The lowest BCUT2D eigenvalue weighted by atomic mass is 10.1. The number of non-ortho nitro benzene ring substituents is 1. The fourth-order valence-electron chi connectivity index (χ4n) is 4.02. The van der Waals surface area contributed by atoms with Crippen molar-refractivity contribution in [2.45, 2.75) is 35.8 Å². The van der Waals surface area contributed by atoms with E-state index in [0.29, 0.717) is 29.0 Å². The highest BCUT2D eigenvalue weighted by Gasteiger charge is 2.58. The smallest absolute Gasteiger partial charge is 0.343 e. The number of para-hydroxylation sites is 1. The molecule has 0 saturated carbocycles. The number of anilines is 1. The molecule has 1 saturated heterocycles. The van der Waals surface area contributed by atoms with Crippen molar-refractivity contribution in [2.24, 2.45) is 0 Å². The van der Waals surface area contributed by atoms with E-state index in [2.05, 4.69) is 0 Å². The zero-order valence-corrected chi connectivity index (χ0v) is 16.5. The lowest BCUT2D eigenvalue weighted by Crippen LogP contribution is -2.47. The molecule has 5 rings (SSSR count). The fourth-order valence-corrected chi connectivity index (χ4v) is 5.43. The summed E-state index contributed by atoms with van der Waals surface area (Å²) in [5.74, 6) is -0.252. The molecule has 0 N–H and O–H groups in total. The number of carbonyl (C=O) groups excluding carboxylic acids is 2. The van der Waals surface area contributed by atoms with E-state index in [9.17, 15) is 19.7 Å². The number of benzene rings is 2. The number of esters is 1. The summed E-state index contributed by atoms with van der Waals surface area (Å²) in [4.78, 5) is 37.7. The van der Waals surface area contributed by atoms with E-state index >= 15 is 0 Å². The van der Waals surface area contributed by atoms with Crippen LogP contribution in [0.15, 0.2) is 41.3 Å². The molecule has 9 nitrogen and oxygen atoms in total. The SMILES string of the molecule is O=C1CC[C@]2(C(=O)OCc3cc([N+](=O)[O-])cc4c3OCOC4)Sc3ccccc3N12. The standard InChI is InChI=1S/C20H16N2O7S/c23-17-5-6-20(21(17)15-3-1-2-4-16(15)30-20)19(24)28-10-13-8-14(22(25)26)7-12-9-27-11-29-18(12)13/h1-4,7-8H,5-6,9-11H2/t20-/m1/s1. The highest BCUT2D eigenvalue weighted by Crippen LogP contribution is 2.56. The second-order valence-corrected chi connectivity index (χ2v) is 8.44. The monoisotopic (exact) mass is 428 g/mol. The number of carbonyl (C=O) groups is 2. The highest BCUT2D eigenvalue weighted by molar-refractivity contribution is 8.02. The number of thioether (sulfide) groups is 1. The molecular formula is C20H16N2O7S. The second-order valence-electron chi connectivity index (χ2n) is 7.12. The fraction of sp³-hybridized carbons (Fsp3) is 0.300. The Balaban J connectivity index is 1.43. The number of nitro groups is 1. The lowest BCUT2D eigenvalue weighted by Gasteiger charge is -2.29. The zero-order chi connectivity index (χ0) is 20.9. The van der Waals surface area contributed by atoms with Gasteiger partial charge in [-0.2, -0.15) is 0 Å². The van der Waals surface area contributed by atoms with Crippen LogP contribution in [0.2, 0.25) is 0 Å². The molecule has 10 heteroatoms. The Labute approximate surface area is 175 Å². The Kier molecular flexibility index (Phi) is 4.40. The molecular weight excluding hydrogens is 412 g/mol. The summed E-state index contributed by atoms with van der Waals surface area (Å²) in [6.07, 6.45) is 0.588. The molecule has 0 unspecified atom stereocenters. The molecule has 0 radical (unpaired) electrons. The van der Waals surface area contributed by atoms with Gasteiger partial charge in [-0.3, -0.25) is 19.8 Å². The average molecular weight is 428 g/mol. The molecule has 30 heavy (non-hydrogen) atoms. The molecule has 1 fully saturated rings. The average Bonchev–Trinajstić information content (AvgIpc) is 3.27. The van der Waals surface area contributed by atoms with Gasteiger partial charge in [-0.25, -0.2) is 4.79 Å². The van der Waals surface area contributed by atoms with Crippen LogP contribution in [0.3, 0.4) is 0 Å². The van der Waals surface area contributed by atoms with Gasteiger partial charge in [0.1, 0.15) is 12.4 Å². The van der Waals surface area contributed by atoms with Crippen molar-refractivity contribution in [3.8, 4) is 5.75 Å². The summed E-state index contributed by atoms with van der Waals surface area (Å²) in [6, 6.07) is 10.1. The van der Waals surface area contributed by atoms with Crippen molar-refractivity contribution in [1.29, 1.82) is 0 Å². The maximum atomic E-state index is 13.2. The first-order valence-corrected chi connectivity index (χ1v) is 10.1. The number of rotatable bonds is 4. The van der Waals surface area contributed by atoms with Gasteiger partial charge in [-0.05, 0) is 12.1 Å². The summed E-state index contributed by atoms with van der Waals surface area (Å²) >= 11 is 1.31. The molecule has 0 spiro atoms. The third-order valence-corrected chi connectivity index (χ3v) is 6.79. The Morgan fingerprint density at radius 2 is 2.17 bits per heavy atom. The highest BCUT2D eigenvalue weighted by atomic mass is 32.2. The van der Waals surface area contributed by atoms with E-state index in [-0.39, 0.29) is 38.0 Å². The van der Waals surface area contributed by atoms with Crippen LogP contribution in [0, 0.1) is 10.1 Å². The van der Waals surface area contributed by atoms with Crippen LogP contribution in [0.1, 0.15) is 24.0 Å². The van der Waals surface area contributed by atoms with Crippen molar-refractivity contribution >= 4 is 35.0 Å². The van der Waals surface area contributed by atoms with Gasteiger partial charge in [0, 0.05) is 41.0 Å². The van der Waals surface area contributed by atoms with E-state index in [1.54, 1.807) is 0 Å². The number of amides is 1. The molecule has 0 bridgehead atoms. The summed E-state index contributed by atoms with van der Waals surface area (Å²) in [5, 5.41) is 11.3. The minimum atomic E-state index is -1.15. The van der Waals surface area contributed by atoms with Gasteiger partial charge in [0.25, 0.3) is 5.69 Å². The van der Waals surface area contributed by atoms with Crippen molar-refractivity contribution in [1.82, 2.24) is 0 Å². The largest absolute Gasteiger partial charge is 0.467 e. The molecule has 1 amide bonds. The third-order valence-electron chi connectivity index (χ3n) is 5.33. The summed E-state index contributed by atoms with van der Waals surface area (Å²) in [5.41, 5.74) is 1.49. The molecule has 0 aliphatic carbocycles. The summed E-state index contributed by atoms with van der Waals surface area (Å²) in [6.45, 7) is -0.0119. The molecule has 3 aliphatic rings. The number of fused-ring (bicyclic) bond motifs is 4. The van der Waals surface area contributed by atoms with Crippen LogP contribution >= 0.6 is 11.8 Å². The van der Waals surface area contributed by atoms with Crippen molar-refractivity contribution in [3.05, 3.63) is 57.6 Å². The van der Waals surface area contributed by atoms with E-state index in [1.165, 1.54) is 28.8 Å². The normalized spacial score (nSPS) is 21.5. The first-order valence-electron chi connectivity index (χ1n) is 9.29. The first-order chi connectivity index (χ1) is 14.5. The third kappa shape index (κ3) is 2.83. The lowest BCUT2D eigenvalue weighted by molar-refractivity contribution is -0.385. The van der Waals surface area contributed by atoms with Crippen molar-refractivity contribution < 1.29 is 28.7 Å². The van der Waals surface area contributed by atoms with Gasteiger partial charge in [-0.15, -0.1) is 0 Å². The summed E-state index contributed by atoms with van der Waals surface area (Å²) in [7, 11) is 0. The van der Waals surface area contributed by atoms with Crippen molar-refractivity contribution in [2.75, 3.05) is 11.7 Å². The molecule has 1 atom stereocenters. The van der Waals surface area contributed by atoms with E-state index in [4.69, 9.17) is 14.2 Å². The van der Waals surface area contributed by atoms with Gasteiger partial charge in [0.15, 0.2) is 11.7 Å². The minimum Gasteiger partial charge on any atom is -0.467 e. The number of ether oxygens (including phenoxy) is 3. The molecule has 2 aromatic carbocycles. The van der Waals surface area contributed by atoms with Gasteiger partial charge >= 0.3 is 5.97 Å². The number of nitro benzene ring substituents is 1. The molecule has 154 valence electrons. The van der Waals surface area contributed by atoms with Crippen LogP contribution in [-0.2, 0) is 32.3 Å². The Hall–Kier alpha value is -3.11. The first kappa shape index (κ1) is 18.9. The van der Waals surface area contributed by atoms with Gasteiger partial charge in [0.05, 0.1) is 17.2 Å². The van der Waals surface area contributed by atoms with Gasteiger partial charge in [-0.1, -0.05) is 23.9 Å². The van der Waals surface area contributed by atoms with Gasteiger partial charge < -0.3 is 14.2 Å². The van der Waals surface area contributed by atoms with E-state index < -0.39 is 15.8 Å². The summed E-state index contributed by atoms with van der Waals surface area (Å²) < 4.78 is 16.3. The quantitative estimate of drug-likeness (QED) is 0.415. The second kappa shape index (κ2) is 6.99. The molecule has 3 aliphatic heterocycles. The Bertz CT molecular complexity index is 1090. The predicted molar refractivity (Wildman–Crippen MR) is 105 cm³/mol. The maximum Gasteiger partial charge on any atom is 0.343 e. The van der Waals surface area contributed by atoms with Gasteiger partial charge in [0.2, 0.25) is 5.91 Å². The predicted octanol–water partition coefficient (Wildman–Crippen LogP) is 3.13. The molecule has 2 aromatic rings. The zero-order valence-electron chi connectivity index (χ0n) is 15.7. The maximum absolute atomic E-state index is 13.2. The molecule has 0 aromatic heterocycles. The van der Waals surface area contributed by atoms with E-state index in [0.717, 1.165) is 4.90 Å². The minimum absolute atomic E-state index is 0.0170. The van der Waals surface area contributed by atoms with Crippen LogP contribution in [0.5, 0.6) is 5.75 Å². The van der Waals surface area contributed by atoms with Crippen LogP contribution < -0.4 is 9.64 Å². The van der Waals surface area contributed by atoms with Crippen LogP contribution in [-0.4, -0.2) is 28.5 Å².